The average molecular weight is 484 g/mol. The lowest BCUT2D eigenvalue weighted by molar-refractivity contribution is -0.128. The Morgan fingerprint density at radius 1 is 0.971 bits per heavy atom. The van der Waals surface area contributed by atoms with E-state index in [1.54, 1.807) is 16.0 Å². The molecule has 0 spiro atoms. The van der Waals surface area contributed by atoms with Crippen molar-refractivity contribution in [2.45, 2.75) is 122 Å². The number of aliphatic hydroxyl groups is 1. The van der Waals surface area contributed by atoms with Crippen LogP contribution in [0.5, 0.6) is 0 Å². The van der Waals surface area contributed by atoms with Gasteiger partial charge < -0.3 is 10.0 Å². The number of amides is 1. The third-order valence-corrected chi connectivity index (χ3v) is 9.98. The van der Waals surface area contributed by atoms with E-state index in [0.717, 1.165) is 32.1 Å². The van der Waals surface area contributed by atoms with Crippen LogP contribution in [0.25, 0.3) is 0 Å². The number of hydrogen-bond acceptors (Lipinski definition) is 3. The zero-order chi connectivity index (χ0) is 25.0. The third kappa shape index (κ3) is 5.95. The Hall–Kier alpha value is -1.42. The molecule has 4 rings (SSSR count). The van der Waals surface area contributed by atoms with Crippen LogP contribution in [0, 0.1) is 23.2 Å². The Bertz CT molecular complexity index is 840. The normalized spacial score (nSPS) is 32.1. The van der Waals surface area contributed by atoms with E-state index in [-0.39, 0.29) is 17.4 Å². The fourth-order valence-corrected chi connectivity index (χ4v) is 8.01. The smallest absolute Gasteiger partial charge is 0.222 e. The van der Waals surface area contributed by atoms with Crippen molar-refractivity contribution in [3.05, 3.63) is 22.8 Å². The van der Waals surface area contributed by atoms with E-state index in [2.05, 4.69) is 6.92 Å². The van der Waals surface area contributed by atoms with Gasteiger partial charge in [-0.25, -0.2) is 0 Å². The van der Waals surface area contributed by atoms with Crippen LogP contribution in [0.4, 0.5) is 0 Å². The van der Waals surface area contributed by atoms with E-state index in [9.17, 15) is 14.7 Å². The van der Waals surface area contributed by atoms with Crippen LogP contribution in [0.15, 0.2) is 22.8 Å². The van der Waals surface area contributed by atoms with Crippen molar-refractivity contribution >= 4 is 11.7 Å². The summed E-state index contributed by atoms with van der Waals surface area (Å²) in [6.07, 6.45) is 20.8. The van der Waals surface area contributed by atoms with Gasteiger partial charge in [0.15, 0.2) is 5.78 Å². The van der Waals surface area contributed by atoms with Crippen LogP contribution in [-0.2, 0) is 9.59 Å². The summed E-state index contributed by atoms with van der Waals surface area (Å²) in [6.45, 7) is 2.38. The maximum Gasteiger partial charge on any atom is 0.222 e. The van der Waals surface area contributed by atoms with Crippen molar-refractivity contribution in [1.29, 1.82) is 0 Å². The monoisotopic (exact) mass is 483 g/mol. The minimum atomic E-state index is -0.139. The second kappa shape index (κ2) is 11.8. The van der Waals surface area contributed by atoms with Crippen molar-refractivity contribution in [3.63, 3.8) is 0 Å². The van der Waals surface area contributed by atoms with Crippen LogP contribution in [0.3, 0.4) is 0 Å². The maximum absolute atomic E-state index is 12.1. The SMILES string of the molecule is CN(C)C(=O)CCCCCCCCCC[C@H]1C[C@]2(C)[C@@H](O)CC[C@H]2[C@@H]2CCC3=CC(=O)CCC3=C12. The first-order chi connectivity index (χ1) is 16.8. The number of unbranched alkanes of at least 4 members (excludes halogenated alkanes) is 7. The highest BCUT2D eigenvalue weighted by Crippen LogP contribution is 2.62. The lowest BCUT2D eigenvalue weighted by Gasteiger charge is -2.52. The molecule has 2 saturated carbocycles. The molecule has 0 aromatic rings. The molecule has 0 aromatic heterocycles. The molecule has 1 amide bonds. The quantitative estimate of drug-likeness (QED) is 0.330. The predicted molar refractivity (Wildman–Crippen MR) is 142 cm³/mol. The average Bonchev–Trinajstić information content (AvgIpc) is 3.13. The summed E-state index contributed by atoms with van der Waals surface area (Å²) in [6, 6.07) is 0. The van der Waals surface area contributed by atoms with Crippen molar-refractivity contribution in [2.24, 2.45) is 23.2 Å². The number of fused-ring (bicyclic) bond motifs is 4. The first-order valence-electron chi connectivity index (χ1n) is 14.7. The number of ketones is 1. The first kappa shape index (κ1) is 26.6. The molecule has 0 unspecified atom stereocenters. The Labute approximate surface area is 213 Å². The summed E-state index contributed by atoms with van der Waals surface area (Å²) >= 11 is 0. The van der Waals surface area contributed by atoms with Gasteiger partial charge in [0, 0.05) is 26.9 Å². The van der Waals surface area contributed by atoms with Crippen molar-refractivity contribution in [3.8, 4) is 0 Å². The summed E-state index contributed by atoms with van der Waals surface area (Å²) in [5, 5.41) is 11.0. The van der Waals surface area contributed by atoms with E-state index in [1.165, 1.54) is 69.8 Å². The number of hydrogen-bond donors (Lipinski definition) is 1. The second-order valence-electron chi connectivity index (χ2n) is 12.5. The highest BCUT2D eigenvalue weighted by Gasteiger charge is 2.55. The summed E-state index contributed by atoms with van der Waals surface area (Å²) in [5.74, 6) is 2.42. The molecule has 0 aromatic carbocycles. The van der Waals surface area contributed by atoms with E-state index in [1.807, 2.05) is 20.2 Å². The molecule has 4 aliphatic rings. The fourth-order valence-electron chi connectivity index (χ4n) is 8.01. The first-order valence-corrected chi connectivity index (χ1v) is 14.7. The van der Waals surface area contributed by atoms with Crippen LogP contribution in [-0.4, -0.2) is 41.9 Å². The van der Waals surface area contributed by atoms with Gasteiger partial charge in [-0.3, -0.25) is 9.59 Å². The lowest BCUT2D eigenvalue weighted by Crippen LogP contribution is -2.45. The molecule has 0 aliphatic heterocycles. The molecule has 4 nitrogen and oxygen atoms in total. The standard InChI is InChI=1S/C31H49NO3/c1-31-21-23(12-10-8-6-4-5-7-9-11-13-29(35)32(2)3)30-25-17-15-24(33)20-22(25)14-16-26(30)27(31)18-19-28(31)34/h20,23,26-28,34H,4-19,21H2,1-3H3/t23-,26-,27-,28-,31-/m0/s1. The van der Waals surface area contributed by atoms with E-state index < -0.39 is 0 Å². The number of carbonyl (C=O) groups is 2. The molecule has 4 heteroatoms. The van der Waals surface area contributed by atoms with Gasteiger partial charge in [0.1, 0.15) is 0 Å². The van der Waals surface area contributed by atoms with Gasteiger partial charge >= 0.3 is 0 Å². The highest BCUT2D eigenvalue weighted by atomic mass is 16.3. The molecule has 5 atom stereocenters. The molecule has 2 fully saturated rings. The molecule has 196 valence electrons. The largest absolute Gasteiger partial charge is 0.393 e. The zero-order valence-corrected chi connectivity index (χ0v) is 22.6. The fraction of sp³-hybridized carbons (Fsp3) is 0.806. The predicted octanol–water partition coefficient (Wildman–Crippen LogP) is 6.77. The maximum atomic E-state index is 12.1. The van der Waals surface area contributed by atoms with Gasteiger partial charge in [-0.2, -0.15) is 0 Å². The number of allylic oxidation sites excluding steroid dienone is 4. The molecule has 0 radical (unpaired) electrons. The molecule has 0 bridgehead atoms. The molecule has 0 heterocycles. The van der Waals surface area contributed by atoms with Gasteiger partial charge in [-0.15, -0.1) is 0 Å². The highest BCUT2D eigenvalue weighted by molar-refractivity contribution is 5.93. The van der Waals surface area contributed by atoms with E-state index >= 15 is 0 Å². The van der Waals surface area contributed by atoms with Crippen LogP contribution >= 0.6 is 0 Å². The van der Waals surface area contributed by atoms with E-state index in [4.69, 9.17) is 0 Å². The van der Waals surface area contributed by atoms with Gasteiger partial charge in [0.05, 0.1) is 6.10 Å². The summed E-state index contributed by atoms with van der Waals surface area (Å²) in [5.41, 5.74) is 4.71. The lowest BCUT2D eigenvalue weighted by atomic mass is 9.53. The Morgan fingerprint density at radius 2 is 1.66 bits per heavy atom. The topological polar surface area (TPSA) is 57.6 Å². The number of carbonyl (C=O) groups excluding carboxylic acids is 2. The summed E-state index contributed by atoms with van der Waals surface area (Å²) in [4.78, 5) is 25.4. The van der Waals surface area contributed by atoms with Gasteiger partial charge in [-0.05, 0) is 91.8 Å². The van der Waals surface area contributed by atoms with Crippen LogP contribution in [0.1, 0.15) is 116 Å². The van der Waals surface area contributed by atoms with Crippen LogP contribution in [0.2, 0.25) is 0 Å². The van der Waals surface area contributed by atoms with Crippen molar-refractivity contribution < 1.29 is 14.7 Å². The molecular formula is C31H49NO3. The minimum Gasteiger partial charge on any atom is -0.393 e. The number of nitrogens with zero attached hydrogens (tertiary/aromatic N) is 1. The molecule has 1 N–H and O–H groups in total. The van der Waals surface area contributed by atoms with Gasteiger partial charge in [0.25, 0.3) is 0 Å². The Balaban J connectivity index is 1.27. The van der Waals surface area contributed by atoms with E-state index in [0.29, 0.717) is 36.4 Å². The molecular weight excluding hydrogens is 434 g/mol. The summed E-state index contributed by atoms with van der Waals surface area (Å²) in [7, 11) is 3.67. The minimum absolute atomic E-state index is 0.0824. The summed E-state index contributed by atoms with van der Waals surface area (Å²) < 4.78 is 0. The third-order valence-electron chi connectivity index (χ3n) is 9.98. The van der Waals surface area contributed by atoms with Crippen molar-refractivity contribution in [2.75, 3.05) is 14.1 Å². The molecule has 4 aliphatic carbocycles. The van der Waals surface area contributed by atoms with Gasteiger partial charge in [0.2, 0.25) is 5.91 Å². The van der Waals surface area contributed by atoms with Crippen LogP contribution < -0.4 is 0 Å². The van der Waals surface area contributed by atoms with Crippen molar-refractivity contribution in [1.82, 2.24) is 4.90 Å². The Kier molecular flexibility index (Phi) is 8.94. The zero-order valence-electron chi connectivity index (χ0n) is 22.6. The Morgan fingerprint density at radius 3 is 2.37 bits per heavy atom. The number of rotatable bonds is 11. The second-order valence-corrected chi connectivity index (χ2v) is 12.5. The van der Waals surface area contributed by atoms with Gasteiger partial charge in [-0.1, -0.05) is 57.4 Å². The molecule has 0 saturated heterocycles. The number of aliphatic hydroxyl groups excluding tert-OH is 1. The molecule has 35 heavy (non-hydrogen) atoms.